The number of fused-ring (bicyclic) bond motifs is 1. The Morgan fingerprint density at radius 1 is 1.12 bits per heavy atom. The Bertz CT molecular complexity index is 1140. The molecule has 2 aromatic carbocycles. The van der Waals surface area contributed by atoms with Crippen molar-refractivity contribution in [1.82, 2.24) is 4.98 Å². The molecule has 1 saturated heterocycles. The zero-order valence-corrected chi connectivity index (χ0v) is 18.8. The number of aromatic amines is 1. The molecule has 0 atom stereocenters. The van der Waals surface area contributed by atoms with Crippen LogP contribution in [0.15, 0.2) is 42.5 Å². The number of carbonyl (C=O) groups is 2. The highest BCUT2D eigenvalue weighted by atomic mass is 35.5. The minimum Gasteiger partial charge on any atom is -0.495 e. The number of quaternary nitrogens is 1. The Balaban J connectivity index is 1.44. The predicted molar refractivity (Wildman–Crippen MR) is 124 cm³/mol. The molecule has 0 unspecified atom stereocenters. The van der Waals surface area contributed by atoms with Gasteiger partial charge in [0.05, 0.1) is 56.8 Å². The highest BCUT2D eigenvalue weighted by Gasteiger charge is 2.26. The number of nitrogens with zero attached hydrogens (tertiary/aromatic N) is 1. The molecule has 2 heterocycles. The molecular formula is C23H26ClN4O4+. The quantitative estimate of drug-likeness (QED) is 0.492. The van der Waals surface area contributed by atoms with Crippen LogP contribution >= 0.6 is 11.6 Å². The molecule has 0 saturated carbocycles. The van der Waals surface area contributed by atoms with E-state index in [1.165, 1.54) is 12.0 Å². The number of esters is 1. The first kappa shape index (κ1) is 22.0. The first-order valence-corrected chi connectivity index (χ1v) is 10.8. The zero-order valence-electron chi connectivity index (χ0n) is 18.0. The minimum atomic E-state index is -0.565. The highest BCUT2D eigenvalue weighted by molar-refractivity contribution is 6.37. The van der Waals surface area contributed by atoms with Crippen molar-refractivity contribution in [2.24, 2.45) is 0 Å². The van der Waals surface area contributed by atoms with E-state index in [9.17, 15) is 9.59 Å². The Morgan fingerprint density at radius 2 is 1.88 bits per heavy atom. The summed E-state index contributed by atoms with van der Waals surface area (Å²) in [5.74, 6) is 0.0994. The second-order valence-corrected chi connectivity index (χ2v) is 8.07. The number of para-hydroxylation sites is 2. The van der Waals surface area contributed by atoms with Crippen molar-refractivity contribution in [3.63, 3.8) is 0 Å². The van der Waals surface area contributed by atoms with Crippen molar-refractivity contribution in [2.75, 3.05) is 57.2 Å². The first-order valence-electron chi connectivity index (χ1n) is 10.4. The second kappa shape index (κ2) is 9.50. The van der Waals surface area contributed by atoms with E-state index in [4.69, 9.17) is 21.1 Å². The van der Waals surface area contributed by atoms with Crippen LogP contribution in [0.4, 0.5) is 11.4 Å². The first-order chi connectivity index (χ1) is 15.5. The number of carbonyl (C=O) groups excluding carboxylic acids is 2. The molecule has 1 fully saturated rings. The fourth-order valence-electron chi connectivity index (χ4n) is 4.13. The molecule has 0 spiro atoms. The molecule has 3 N–H and O–H groups in total. The van der Waals surface area contributed by atoms with Crippen LogP contribution in [0.5, 0.6) is 5.75 Å². The smallest absolute Gasteiger partial charge is 0.356 e. The summed E-state index contributed by atoms with van der Waals surface area (Å²) in [6.07, 6.45) is 0. The minimum absolute atomic E-state index is 0.181. The average molecular weight is 458 g/mol. The third-order valence-corrected chi connectivity index (χ3v) is 6.05. The van der Waals surface area contributed by atoms with E-state index < -0.39 is 5.97 Å². The molecular weight excluding hydrogens is 432 g/mol. The molecule has 3 aromatic rings. The summed E-state index contributed by atoms with van der Waals surface area (Å²) >= 11 is 6.35. The van der Waals surface area contributed by atoms with E-state index in [1.807, 2.05) is 24.3 Å². The molecule has 8 nitrogen and oxygen atoms in total. The number of hydrogen-bond donors (Lipinski definition) is 3. The number of benzene rings is 2. The molecule has 0 bridgehead atoms. The zero-order chi connectivity index (χ0) is 22.7. The number of halogens is 1. The lowest BCUT2D eigenvalue weighted by atomic mass is 10.2. The van der Waals surface area contributed by atoms with Gasteiger partial charge in [-0.25, -0.2) is 4.79 Å². The van der Waals surface area contributed by atoms with Gasteiger partial charge in [0.1, 0.15) is 11.4 Å². The summed E-state index contributed by atoms with van der Waals surface area (Å²) in [6.45, 7) is 3.54. The van der Waals surface area contributed by atoms with E-state index >= 15 is 0 Å². The number of aromatic nitrogens is 1. The standard InChI is InChI=1S/C23H25ClN4O4/c1-31-18-9-4-3-8-17(18)28-12-10-27(11-13-28)14-19(29)26-21-20-15(24)6-5-7-16(20)25-22(21)23(30)32-2/h3-9,25H,10-14H2,1-2H3,(H,26,29)/p+1. The van der Waals surface area contributed by atoms with Crippen molar-refractivity contribution in [3.05, 3.63) is 53.2 Å². The maximum atomic E-state index is 12.9. The largest absolute Gasteiger partial charge is 0.495 e. The molecule has 0 radical (unpaired) electrons. The Hall–Kier alpha value is -3.23. The molecule has 168 valence electrons. The number of ether oxygens (including phenoxy) is 2. The second-order valence-electron chi connectivity index (χ2n) is 7.66. The Labute approximate surface area is 191 Å². The van der Waals surface area contributed by atoms with Gasteiger partial charge in [-0.1, -0.05) is 29.8 Å². The van der Waals surface area contributed by atoms with Crippen molar-refractivity contribution in [2.45, 2.75) is 0 Å². The van der Waals surface area contributed by atoms with Crippen LogP contribution in [-0.2, 0) is 9.53 Å². The summed E-state index contributed by atoms with van der Waals surface area (Å²) in [6, 6.07) is 13.2. The van der Waals surface area contributed by atoms with Gasteiger partial charge in [-0.15, -0.1) is 0 Å². The Morgan fingerprint density at radius 3 is 2.59 bits per heavy atom. The monoisotopic (exact) mass is 457 g/mol. The fraction of sp³-hybridized carbons (Fsp3) is 0.304. The van der Waals surface area contributed by atoms with E-state index in [0.29, 0.717) is 21.6 Å². The lowest BCUT2D eigenvalue weighted by molar-refractivity contribution is -0.892. The number of hydrogen-bond acceptors (Lipinski definition) is 5. The summed E-state index contributed by atoms with van der Waals surface area (Å²) < 4.78 is 10.3. The molecule has 1 amide bonds. The molecule has 32 heavy (non-hydrogen) atoms. The van der Waals surface area contributed by atoms with Crippen LogP contribution in [0.25, 0.3) is 10.9 Å². The normalized spacial score (nSPS) is 14.4. The fourth-order valence-corrected chi connectivity index (χ4v) is 4.40. The predicted octanol–water partition coefficient (Wildman–Crippen LogP) is 1.96. The van der Waals surface area contributed by atoms with Gasteiger partial charge in [-0.05, 0) is 24.3 Å². The van der Waals surface area contributed by atoms with Crippen LogP contribution in [0, 0.1) is 0 Å². The van der Waals surface area contributed by atoms with Crippen LogP contribution in [0.3, 0.4) is 0 Å². The highest BCUT2D eigenvalue weighted by Crippen LogP contribution is 2.34. The molecule has 1 aliphatic heterocycles. The third-order valence-electron chi connectivity index (χ3n) is 5.73. The number of methoxy groups -OCH3 is 2. The molecule has 1 aliphatic rings. The van der Waals surface area contributed by atoms with Gasteiger partial charge in [0.25, 0.3) is 5.91 Å². The van der Waals surface area contributed by atoms with Crippen molar-refractivity contribution >= 4 is 45.8 Å². The van der Waals surface area contributed by atoms with Crippen LogP contribution < -0.4 is 19.9 Å². The van der Waals surface area contributed by atoms with E-state index in [2.05, 4.69) is 15.2 Å². The topological polar surface area (TPSA) is 88.1 Å². The van der Waals surface area contributed by atoms with Crippen LogP contribution in [0.2, 0.25) is 5.02 Å². The maximum Gasteiger partial charge on any atom is 0.356 e. The number of nitrogens with one attached hydrogen (secondary N) is 3. The van der Waals surface area contributed by atoms with Crippen molar-refractivity contribution in [1.29, 1.82) is 0 Å². The van der Waals surface area contributed by atoms with Gasteiger partial charge in [-0.2, -0.15) is 0 Å². The van der Waals surface area contributed by atoms with Gasteiger partial charge in [-0.3, -0.25) is 4.79 Å². The SMILES string of the molecule is COC(=O)c1[nH]c2cccc(Cl)c2c1NC(=O)C[NH+]1CCN(c2ccccc2OC)CC1. The van der Waals surface area contributed by atoms with Gasteiger partial charge in [0.15, 0.2) is 6.54 Å². The molecule has 1 aromatic heterocycles. The summed E-state index contributed by atoms with van der Waals surface area (Å²) in [5, 5.41) is 3.93. The molecule has 0 aliphatic carbocycles. The molecule has 9 heteroatoms. The van der Waals surface area contributed by atoms with E-state index in [-0.39, 0.29) is 18.1 Å². The van der Waals surface area contributed by atoms with Crippen molar-refractivity contribution in [3.8, 4) is 5.75 Å². The van der Waals surface area contributed by atoms with Gasteiger partial charge >= 0.3 is 5.97 Å². The van der Waals surface area contributed by atoms with Gasteiger partial charge in [0, 0.05) is 10.9 Å². The average Bonchev–Trinajstić information content (AvgIpc) is 3.18. The van der Waals surface area contributed by atoms with Crippen molar-refractivity contribution < 1.29 is 24.0 Å². The number of H-pyrrole nitrogens is 1. The van der Waals surface area contributed by atoms with E-state index in [1.54, 1.807) is 25.3 Å². The number of piperazine rings is 1. The Kier molecular flexibility index (Phi) is 6.53. The molecule has 4 rings (SSSR count). The van der Waals surface area contributed by atoms with E-state index in [0.717, 1.165) is 37.6 Å². The lowest BCUT2D eigenvalue weighted by Gasteiger charge is -2.34. The number of rotatable bonds is 6. The third kappa shape index (κ3) is 4.37. The van der Waals surface area contributed by atoms with Gasteiger partial charge < -0.3 is 29.6 Å². The number of anilines is 2. The number of amides is 1. The van der Waals surface area contributed by atoms with Crippen LogP contribution in [-0.4, -0.2) is 63.8 Å². The summed E-state index contributed by atoms with van der Waals surface area (Å²) in [5.41, 5.74) is 2.26. The summed E-state index contributed by atoms with van der Waals surface area (Å²) in [4.78, 5) is 31.6. The lowest BCUT2D eigenvalue weighted by Crippen LogP contribution is -3.15. The summed E-state index contributed by atoms with van der Waals surface area (Å²) in [7, 11) is 2.97. The van der Waals surface area contributed by atoms with Crippen LogP contribution in [0.1, 0.15) is 10.5 Å². The van der Waals surface area contributed by atoms with Gasteiger partial charge in [0.2, 0.25) is 0 Å². The maximum absolute atomic E-state index is 12.9.